The lowest BCUT2D eigenvalue weighted by molar-refractivity contribution is 0.102. The van der Waals surface area contributed by atoms with Crippen LogP contribution < -0.4 is 5.32 Å². The molecule has 116 valence electrons. The number of nitrogens with one attached hydrogen (secondary N) is 1. The van der Waals surface area contributed by atoms with Crippen LogP contribution in [0.25, 0.3) is 0 Å². The molecule has 0 aliphatic carbocycles. The summed E-state index contributed by atoms with van der Waals surface area (Å²) in [6, 6.07) is 13.5. The summed E-state index contributed by atoms with van der Waals surface area (Å²) in [7, 11) is 0. The number of hydrogen-bond acceptors (Lipinski definition) is 5. The summed E-state index contributed by atoms with van der Waals surface area (Å²) in [4.78, 5) is 16.1. The summed E-state index contributed by atoms with van der Waals surface area (Å²) < 4.78 is 0. The van der Waals surface area contributed by atoms with E-state index >= 15 is 0 Å². The number of aromatic nitrogens is 3. The van der Waals surface area contributed by atoms with Gasteiger partial charge in [-0.1, -0.05) is 41.7 Å². The van der Waals surface area contributed by atoms with Gasteiger partial charge in [-0.3, -0.25) is 15.1 Å². The molecule has 1 amide bonds. The number of hydrogen-bond donors (Lipinski definition) is 1. The molecule has 1 aromatic carbocycles. The highest BCUT2D eigenvalue weighted by atomic mass is 32.1. The van der Waals surface area contributed by atoms with Crippen LogP contribution in [-0.2, 0) is 5.41 Å². The van der Waals surface area contributed by atoms with Crippen LogP contribution in [0.4, 0.5) is 5.13 Å². The molecule has 0 radical (unpaired) electrons. The zero-order chi connectivity index (χ0) is 16.3. The van der Waals surface area contributed by atoms with Crippen molar-refractivity contribution in [3.8, 4) is 0 Å². The minimum atomic E-state index is -0.268. The molecule has 6 heteroatoms. The lowest BCUT2D eigenvalue weighted by atomic mass is 9.85. The molecule has 0 saturated heterocycles. The maximum absolute atomic E-state index is 12.1. The van der Waals surface area contributed by atoms with Crippen LogP contribution in [0.15, 0.2) is 54.9 Å². The first kappa shape index (κ1) is 15.3. The van der Waals surface area contributed by atoms with Crippen molar-refractivity contribution in [1.82, 2.24) is 15.2 Å². The van der Waals surface area contributed by atoms with Gasteiger partial charge in [0.15, 0.2) is 0 Å². The second-order valence-electron chi connectivity index (χ2n) is 5.60. The molecule has 3 rings (SSSR count). The van der Waals surface area contributed by atoms with E-state index in [1.807, 2.05) is 18.2 Å². The van der Waals surface area contributed by atoms with Crippen LogP contribution in [0, 0.1) is 0 Å². The predicted molar refractivity (Wildman–Crippen MR) is 90.7 cm³/mol. The number of nitrogens with zero attached hydrogens (tertiary/aromatic N) is 3. The van der Waals surface area contributed by atoms with Crippen molar-refractivity contribution in [3.63, 3.8) is 0 Å². The summed E-state index contributed by atoms with van der Waals surface area (Å²) in [6.45, 7) is 4.19. The highest BCUT2D eigenvalue weighted by Crippen LogP contribution is 2.34. The van der Waals surface area contributed by atoms with E-state index in [0.29, 0.717) is 10.7 Å². The summed E-state index contributed by atoms with van der Waals surface area (Å²) in [6.07, 6.45) is 3.15. The first-order chi connectivity index (χ1) is 11.1. The molecule has 3 aromatic rings. The van der Waals surface area contributed by atoms with Gasteiger partial charge < -0.3 is 0 Å². The number of pyridine rings is 1. The van der Waals surface area contributed by atoms with Gasteiger partial charge in [-0.15, -0.1) is 10.2 Å². The Balaban J connectivity index is 1.80. The summed E-state index contributed by atoms with van der Waals surface area (Å²) in [5.74, 6) is -0.238. The second kappa shape index (κ2) is 6.26. The lowest BCUT2D eigenvalue weighted by Gasteiger charge is -2.21. The second-order valence-corrected chi connectivity index (χ2v) is 6.58. The number of carbonyl (C=O) groups is 1. The average Bonchev–Trinajstić information content (AvgIpc) is 3.06. The topological polar surface area (TPSA) is 67.8 Å². The zero-order valence-corrected chi connectivity index (χ0v) is 13.7. The minimum Gasteiger partial charge on any atom is -0.296 e. The van der Waals surface area contributed by atoms with Gasteiger partial charge in [-0.25, -0.2) is 0 Å². The van der Waals surface area contributed by atoms with Crippen LogP contribution in [-0.4, -0.2) is 21.1 Å². The third-order valence-corrected chi connectivity index (χ3v) is 4.76. The summed E-state index contributed by atoms with van der Waals surface area (Å²) in [5.41, 5.74) is 1.38. The third-order valence-electron chi connectivity index (χ3n) is 3.60. The molecule has 5 nitrogen and oxygen atoms in total. The van der Waals surface area contributed by atoms with E-state index in [9.17, 15) is 4.79 Å². The standard InChI is InChI=1S/C17H16N4OS/c1-17(2,13-8-4-3-5-9-13)15-20-21-16(23-15)19-14(22)12-7-6-10-18-11-12/h3-11H,1-2H3,(H,19,21,22). The van der Waals surface area contributed by atoms with E-state index in [0.717, 1.165) is 10.6 Å². The molecule has 1 N–H and O–H groups in total. The number of rotatable bonds is 4. The zero-order valence-electron chi connectivity index (χ0n) is 12.9. The Morgan fingerprint density at radius 1 is 1.09 bits per heavy atom. The van der Waals surface area contributed by atoms with Gasteiger partial charge in [0.05, 0.1) is 5.56 Å². The number of carbonyl (C=O) groups excluding carboxylic acids is 1. The fourth-order valence-electron chi connectivity index (χ4n) is 2.17. The normalized spacial score (nSPS) is 11.2. The van der Waals surface area contributed by atoms with Crippen LogP contribution in [0.3, 0.4) is 0 Å². The van der Waals surface area contributed by atoms with Crippen molar-refractivity contribution in [2.24, 2.45) is 0 Å². The molecule has 0 aliphatic heterocycles. The van der Waals surface area contributed by atoms with Gasteiger partial charge in [0, 0.05) is 17.8 Å². The molecule has 2 heterocycles. The Morgan fingerprint density at radius 3 is 2.57 bits per heavy atom. The van der Waals surface area contributed by atoms with Gasteiger partial charge in [-0.05, 0) is 31.5 Å². The fourth-order valence-corrected chi connectivity index (χ4v) is 3.03. The van der Waals surface area contributed by atoms with Gasteiger partial charge in [0.2, 0.25) is 5.13 Å². The van der Waals surface area contributed by atoms with E-state index in [1.165, 1.54) is 17.5 Å². The summed E-state index contributed by atoms with van der Waals surface area (Å²) in [5, 5.41) is 12.4. The molecule has 0 unspecified atom stereocenters. The number of anilines is 1. The van der Waals surface area contributed by atoms with Gasteiger partial charge in [0.1, 0.15) is 5.01 Å². The van der Waals surface area contributed by atoms with Crippen LogP contribution >= 0.6 is 11.3 Å². The van der Waals surface area contributed by atoms with Crippen molar-refractivity contribution in [2.45, 2.75) is 19.3 Å². The third kappa shape index (κ3) is 3.27. The minimum absolute atomic E-state index is 0.238. The Bertz CT molecular complexity index is 800. The molecule has 0 fully saturated rings. The predicted octanol–water partition coefficient (Wildman–Crippen LogP) is 3.51. The van der Waals surface area contributed by atoms with E-state index in [-0.39, 0.29) is 11.3 Å². The molecule has 2 aromatic heterocycles. The molecule has 0 saturated carbocycles. The molecule has 0 aliphatic rings. The SMILES string of the molecule is CC(C)(c1ccccc1)c1nnc(NC(=O)c2cccnc2)s1. The van der Waals surface area contributed by atoms with Crippen molar-refractivity contribution in [3.05, 3.63) is 71.0 Å². The largest absolute Gasteiger partial charge is 0.296 e. The van der Waals surface area contributed by atoms with E-state index < -0.39 is 0 Å². The first-order valence-corrected chi connectivity index (χ1v) is 8.00. The van der Waals surface area contributed by atoms with Gasteiger partial charge in [0.25, 0.3) is 5.91 Å². The van der Waals surface area contributed by atoms with Crippen molar-refractivity contribution in [2.75, 3.05) is 5.32 Å². The highest BCUT2D eigenvalue weighted by Gasteiger charge is 2.27. The van der Waals surface area contributed by atoms with Crippen molar-refractivity contribution < 1.29 is 4.79 Å². The molecule has 0 spiro atoms. The van der Waals surface area contributed by atoms with Crippen LogP contribution in [0.5, 0.6) is 0 Å². The first-order valence-electron chi connectivity index (χ1n) is 7.18. The quantitative estimate of drug-likeness (QED) is 0.797. The monoisotopic (exact) mass is 324 g/mol. The molecule has 0 bridgehead atoms. The molecular weight excluding hydrogens is 308 g/mol. The Labute approximate surface area is 138 Å². The Hall–Kier alpha value is -2.60. The lowest BCUT2D eigenvalue weighted by Crippen LogP contribution is -2.18. The smallest absolute Gasteiger partial charge is 0.259 e. The van der Waals surface area contributed by atoms with Crippen LogP contribution in [0.1, 0.15) is 34.8 Å². The maximum atomic E-state index is 12.1. The van der Waals surface area contributed by atoms with Crippen LogP contribution in [0.2, 0.25) is 0 Å². The van der Waals surface area contributed by atoms with E-state index in [1.54, 1.807) is 18.3 Å². The van der Waals surface area contributed by atoms with E-state index in [2.05, 4.69) is 46.5 Å². The highest BCUT2D eigenvalue weighted by molar-refractivity contribution is 7.15. The number of benzene rings is 1. The maximum Gasteiger partial charge on any atom is 0.259 e. The molecular formula is C17H16N4OS. The van der Waals surface area contributed by atoms with Crippen molar-refractivity contribution >= 4 is 22.4 Å². The van der Waals surface area contributed by atoms with Gasteiger partial charge >= 0.3 is 0 Å². The Kier molecular flexibility index (Phi) is 4.16. The Morgan fingerprint density at radius 2 is 1.87 bits per heavy atom. The van der Waals surface area contributed by atoms with E-state index in [4.69, 9.17) is 0 Å². The summed E-state index contributed by atoms with van der Waals surface area (Å²) >= 11 is 1.38. The fraction of sp³-hybridized carbons (Fsp3) is 0.176. The number of amides is 1. The molecule has 0 atom stereocenters. The average molecular weight is 324 g/mol. The van der Waals surface area contributed by atoms with Crippen molar-refractivity contribution in [1.29, 1.82) is 0 Å². The van der Waals surface area contributed by atoms with Gasteiger partial charge in [-0.2, -0.15) is 0 Å². The molecule has 23 heavy (non-hydrogen) atoms.